The Balaban J connectivity index is 1.40. The molecule has 0 unspecified atom stereocenters. The van der Waals surface area contributed by atoms with Crippen molar-refractivity contribution in [1.82, 2.24) is 19.5 Å². The fourth-order valence-electron chi connectivity index (χ4n) is 5.15. The molecule has 0 radical (unpaired) electrons. The zero-order valence-corrected chi connectivity index (χ0v) is 22.9. The molecule has 0 bridgehead atoms. The SMILES string of the molecule is COCOc1ccc(C)c(-n2c(N)c(C(=O)c3cc4ccc(OCC5(C)COC5)cc4[nH]3)c3nccnc32)c1C. The number of rotatable bonds is 9. The molecule has 2 aromatic carbocycles. The van der Waals surface area contributed by atoms with Crippen molar-refractivity contribution in [3.05, 3.63) is 71.2 Å². The van der Waals surface area contributed by atoms with Crippen LogP contribution in [0.4, 0.5) is 5.82 Å². The molecule has 0 saturated carbocycles. The number of benzene rings is 2. The monoisotopic (exact) mass is 541 g/mol. The van der Waals surface area contributed by atoms with Gasteiger partial charge >= 0.3 is 0 Å². The molecule has 1 fully saturated rings. The van der Waals surface area contributed by atoms with Crippen molar-refractivity contribution < 1.29 is 23.7 Å². The summed E-state index contributed by atoms with van der Waals surface area (Å²) in [4.78, 5) is 26.3. The van der Waals surface area contributed by atoms with Gasteiger partial charge in [-0.3, -0.25) is 14.3 Å². The third-order valence-corrected chi connectivity index (χ3v) is 7.32. The molecule has 1 saturated heterocycles. The first-order valence-corrected chi connectivity index (χ1v) is 13.0. The molecule has 0 amide bonds. The maximum absolute atomic E-state index is 14.0. The summed E-state index contributed by atoms with van der Waals surface area (Å²) in [6.45, 7) is 8.10. The molecule has 0 spiro atoms. The first kappa shape index (κ1) is 25.8. The second kappa shape index (κ2) is 9.96. The van der Waals surface area contributed by atoms with Gasteiger partial charge in [-0.1, -0.05) is 13.0 Å². The van der Waals surface area contributed by atoms with Gasteiger partial charge in [-0.15, -0.1) is 0 Å². The molecule has 5 aromatic rings. The minimum Gasteiger partial charge on any atom is -0.493 e. The average molecular weight is 542 g/mol. The van der Waals surface area contributed by atoms with Gasteiger partial charge in [0, 0.05) is 47.5 Å². The fraction of sp³-hybridized carbons (Fsp3) is 0.300. The molecule has 0 aliphatic carbocycles. The van der Waals surface area contributed by atoms with Crippen LogP contribution in [0.1, 0.15) is 34.1 Å². The van der Waals surface area contributed by atoms with E-state index >= 15 is 0 Å². The van der Waals surface area contributed by atoms with Crippen LogP contribution in [-0.4, -0.2) is 59.0 Å². The Bertz CT molecular complexity index is 1750. The normalized spacial score (nSPS) is 14.4. The van der Waals surface area contributed by atoms with Crippen molar-refractivity contribution in [3.63, 3.8) is 0 Å². The van der Waals surface area contributed by atoms with Gasteiger partial charge in [-0.2, -0.15) is 0 Å². The van der Waals surface area contributed by atoms with Crippen LogP contribution in [0.2, 0.25) is 0 Å². The minimum absolute atomic E-state index is 0.0325. The van der Waals surface area contributed by atoms with E-state index in [0.717, 1.165) is 33.5 Å². The maximum Gasteiger partial charge on any atom is 0.215 e. The number of anilines is 1. The first-order valence-electron chi connectivity index (χ1n) is 13.0. The molecule has 3 aromatic heterocycles. The summed E-state index contributed by atoms with van der Waals surface area (Å²) in [7, 11) is 1.57. The summed E-state index contributed by atoms with van der Waals surface area (Å²) >= 11 is 0. The lowest BCUT2D eigenvalue weighted by molar-refractivity contribution is -0.120. The van der Waals surface area contributed by atoms with E-state index in [0.29, 0.717) is 42.4 Å². The van der Waals surface area contributed by atoms with Crippen molar-refractivity contribution >= 4 is 33.7 Å². The predicted octanol–water partition coefficient (Wildman–Crippen LogP) is 4.73. The van der Waals surface area contributed by atoms with Crippen molar-refractivity contribution in [2.24, 2.45) is 5.41 Å². The van der Waals surface area contributed by atoms with Crippen LogP contribution in [0.25, 0.3) is 27.8 Å². The van der Waals surface area contributed by atoms with Gasteiger partial charge in [-0.25, -0.2) is 4.98 Å². The Hall–Kier alpha value is -4.41. The zero-order valence-electron chi connectivity index (χ0n) is 22.9. The number of hydrogen-bond donors (Lipinski definition) is 2. The minimum atomic E-state index is -0.276. The van der Waals surface area contributed by atoms with Gasteiger partial charge in [-0.05, 0) is 43.7 Å². The highest BCUT2D eigenvalue weighted by atomic mass is 16.7. The smallest absolute Gasteiger partial charge is 0.215 e. The van der Waals surface area contributed by atoms with Crippen molar-refractivity contribution in [2.45, 2.75) is 20.8 Å². The van der Waals surface area contributed by atoms with Gasteiger partial charge in [0.2, 0.25) is 5.78 Å². The number of carbonyl (C=O) groups is 1. The quantitative estimate of drug-likeness (QED) is 0.203. The Labute approximate surface area is 231 Å². The Morgan fingerprint density at radius 1 is 1.12 bits per heavy atom. The standard InChI is InChI=1S/C30H31N5O5/c1-17-5-8-23(40-16-37-4)18(2)26(17)35-28(31)24(25-29(35)33-10-9-32-25)27(36)22-11-19-6-7-20(12-21(19)34-22)39-15-30(3)13-38-14-30/h5-12,34H,13-16,31H2,1-4H3. The maximum atomic E-state index is 14.0. The van der Waals surface area contributed by atoms with E-state index < -0.39 is 0 Å². The van der Waals surface area contributed by atoms with Crippen LogP contribution in [0.5, 0.6) is 11.5 Å². The van der Waals surface area contributed by atoms with Gasteiger partial charge in [0.25, 0.3) is 0 Å². The number of nitrogens with one attached hydrogen (secondary N) is 1. The van der Waals surface area contributed by atoms with Crippen LogP contribution >= 0.6 is 0 Å². The van der Waals surface area contributed by atoms with E-state index in [4.69, 9.17) is 24.7 Å². The van der Waals surface area contributed by atoms with Crippen molar-refractivity contribution in [2.75, 3.05) is 39.5 Å². The van der Waals surface area contributed by atoms with E-state index in [2.05, 4.69) is 21.9 Å². The average Bonchev–Trinajstić information content (AvgIpc) is 3.49. The van der Waals surface area contributed by atoms with Crippen LogP contribution in [0.15, 0.2) is 48.8 Å². The van der Waals surface area contributed by atoms with Gasteiger partial charge in [0.1, 0.15) is 22.8 Å². The predicted molar refractivity (Wildman–Crippen MR) is 151 cm³/mol. The number of aromatic amines is 1. The number of aryl methyl sites for hydroxylation is 1. The van der Waals surface area contributed by atoms with Gasteiger partial charge in [0.05, 0.1) is 36.8 Å². The summed E-state index contributed by atoms with van der Waals surface area (Å²) in [6, 6.07) is 11.4. The lowest BCUT2D eigenvalue weighted by Gasteiger charge is -2.37. The third kappa shape index (κ3) is 4.35. The van der Waals surface area contributed by atoms with E-state index in [1.165, 1.54) is 0 Å². The molecule has 206 valence electrons. The zero-order chi connectivity index (χ0) is 28.0. The molecular formula is C30H31N5O5. The number of carbonyl (C=O) groups excluding carboxylic acids is 1. The molecule has 0 atom stereocenters. The van der Waals surface area contributed by atoms with E-state index in [-0.39, 0.29) is 29.4 Å². The number of nitrogens with zero attached hydrogens (tertiary/aromatic N) is 3. The fourth-order valence-corrected chi connectivity index (χ4v) is 5.15. The third-order valence-electron chi connectivity index (χ3n) is 7.32. The summed E-state index contributed by atoms with van der Waals surface area (Å²) in [6.07, 6.45) is 3.15. The molecule has 3 N–H and O–H groups in total. The number of methoxy groups -OCH3 is 1. The summed E-state index contributed by atoms with van der Waals surface area (Å²) < 4.78 is 24.0. The lowest BCUT2D eigenvalue weighted by atomic mass is 9.90. The van der Waals surface area contributed by atoms with E-state index in [9.17, 15) is 4.79 Å². The number of nitrogens with two attached hydrogens (primary N) is 1. The molecule has 6 rings (SSSR count). The number of ketones is 1. The Morgan fingerprint density at radius 3 is 2.67 bits per heavy atom. The van der Waals surface area contributed by atoms with Crippen molar-refractivity contribution in [1.29, 1.82) is 0 Å². The number of ether oxygens (including phenoxy) is 4. The van der Waals surface area contributed by atoms with Crippen LogP contribution in [0, 0.1) is 19.3 Å². The second-order valence-electron chi connectivity index (χ2n) is 10.6. The molecule has 10 nitrogen and oxygen atoms in total. The highest BCUT2D eigenvalue weighted by Gasteiger charge is 2.34. The Kier molecular flexibility index (Phi) is 6.44. The molecule has 10 heteroatoms. The molecule has 1 aliphatic rings. The molecule has 40 heavy (non-hydrogen) atoms. The molecular weight excluding hydrogens is 510 g/mol. The molecule has 1 aliphatic heterocycles. The number of nitrogen functional groups attached to an aromatic ring is 1. The van der Waals surface area contributed by atoms with Crippen molar-refractivity contribution in [3.8, 4) is 17.2 Å². The topological polar surface area (TPSA) is 127 Å². The summed E-state index contributed by atoms with van der Waals surface area (Å²) in [5, 5.41) is 0.886. The van der Waals surface area contributed by atoms with Crippen LogP contribution in [0.3, 0.4) is 0 Å². The summed E-state index contributed by atoms with van der Waals surface area (Å²) in [5.74, 6) is 1.35. The van der Waals surface area contributed by atoms with E-state index in [1.807, 2.05) is 50.2 Å². The second-order valence-corrected chi connectivity index (χ2v) is 10.6. The highest BCUT2D eigenvalue weighted by Crippen LogP contribution is 2.36. The van der Waals surface area contributed by atoms with Crippen LogP contribution < -0.4 is 15.2 Å². The van der Waals surface area contributed by atoms with Crippen LogP contribution in [-0.2, 0) is 9.47 Å². The number of hydrogen-bond acceptors (Lipinski definition) is 8. The Morgan fingerprint density at radius 2 is 1.93 bits per heavy atom. The summed E-state index contributed by atoms with van der Waals surface area (Å²) in [5.41, 5.74) is 11.7. The van der Waals surface area contributed by atoms with E-state index in [1.54, 1.807) is 24.1 Å². The number of aromatic nitrogens is 4. The van der Waals surface area contributed by atoms with Gasteiger partial charge < -0.3 is 29.7 Å². The lowest BCUT2D eigenvalue weighted by Crippen LogP contribution is -2.44. The largest absolute Gasteiger partial charge is 0.493 e. The molecule has 4 heterocycles. The highest BCUT2D eigenvalue weighted by molar-refractivity contribution is 6.19. The first-order chi connectivity index (χ1) is 19.3. The van der Waals surface area contributed by atoms with Gasteiger partial charge in [0.15, 0.2) is 12.4 Å². The number of fused-ring (bicyclic) bond motifs is 2. The number of H-pyrrole nitrogens is 1.